The lowest BCUT2D eigenvalue weighted by Gasteiger charge is -2.12. The zero-order chi connectivity index (χ0) is 38.2. The summed E-state index contributed by atoms with van der Waals surface area (Å²) < 4.78 is 61.5. The van der Waals surface area contributed by atoms with Crippen molar-refractivity contribution < 1.29 is 12.6 Å². The maximum atomic E-state index is 9.12. The smallest absolute Gasteiger partial charge is 0.164 e. The molecule has 0 atom stereocenters. The fraction of sp³-hybridized carbons (Fsp3) is 0. The fourth-order valence-electron chi connectivity index (χ4n) is 6.69. The Morgan fingerprint density at radius 3 is 1.54 bits per heavy atom. The van der Waals surface area contributed by atoms with Gasteiger partial charge in [-0.05, 0) is 47.5 Å². The fourth-order valence-corrected chi connectivity index (χ4v) is 6.69. The summed E-state index contributed by atoms with van der Waals surface area (Å²) in [6.45, 7) is 0. The normalized spacial score (nSPS) is 13.3. The number of para-hydroxylation sites is 2. The van der Waals surface area contributed by atoms with E-state index in [2.05, 4.69) is 0 Å². The quantitative estimate of drug-likeness (QED) is 0.187. The Morgan fingerprint density at radius 2 is 0.960 bits per heavy atom. The van der Waals surface area contributed by atoms with Gasteiger partial charge in [-0.15, -0.1) is 0 Å². The number of furan rings is 1. The van der Waals surface area contributed by atoms with E-state index in [0.717, 1.165) is 27.6 Å². The van der Waals surface area contributed by atoms with Crippen LogP contribution in [0.2, 0.25) is 0 Å². The molecule has 0 spiro atoms. The predicted octanol–water partition coefficient (Wildman–Crippen LogP) is 11.5. The highest BCUT2D eigenvalue weighted by Crippen LogP contribution is 2.42. The second-order valence-electron chi connectivity index (χ2n) is 12.0. The van der Waals surface area contributed by atoms with E-state index >= 15 is 0 Å². The summed E-state index contributed by atoms with van der Waals surface area (Å²) in [5, 5.41) is 1.82. The van der Waals surface area contributed by atoms with Gasteiger partial charge in [-0.2, -0.15) is 0 Å². The van der Waals surface area contributed by atoms with Gasteiger partial charge in [0.1, 0.15) is 11.2 Å². The van der Waals surface area contributed by atoms with Crippen molar-refractivity contribution in [3.05, 3.63) is 170 Å². The third kappa shape index (κ3) is 4.60. The van der Waals surface area contributed by atoms with Crippen LogP contribution in [0.1, 0.15) is 8.22 Å². The monoisotopic (exact) mass is 646 g/mol. The molecule has 0 radical (unpaired) electrons. The second-order valence-corrected chi connectivity index (χ2v) is 12.0. The van der Waals surface area contributed by atoms with Gasteiger partial charge in [-0.3, -0.25) is 0 Å². The Morgan fingerprint density at radius 1 is 0.440 bits per heavy atom. The molecule has 0 unspecified atom stereocenters. The molecule has 10 aromatic rings. The Bertz CT molecular complexity index is 3070. The zero-order valence-electron chi connectivity index (χ0n) is 32.4. The molecule has 3 heterocycles. The molecular formula is C45H28N4O. The van der Waals surface area contributed by atoms with Gasteiger partial charge in [0.05, 0.1) is 30.3 Å². The molecular weight excluding hydrogens is 613 g/mol. The van der Waals surface area contributed by atoms with Crippen LogP contribution in [0.4, 0.5) is 0 Å². The minimum atomic E-state index is -0.170. The lowest BCUT2D eigenvalue weighted by atomic mass is 10.0. The molecule has 0 bridgehead atoms. The molecule has 0 aliphatic carbocycles. The zero-order valence-corrected chi connectivity index (χ0v) is 26.4. The molecule has 0 amide bonds. The van der Waals surface area contributed by atoms with Gasteiger partial charge in [0.25, 0.3) is 0 Å². The maximum Gasteiger partial charge on any atom is 0.164 e. The minimum absolute atomic E-state index is 0.0332. The van der Waals surface area contributed by atoms with Crippen molar-refractivity contribution in [2.75, 3.05) is 0 Å². The Kier molecular flexibility index (Phi) is 5.17. The van der Waals surface area contributed by atoms with Crippen LogP contribution < -0.4 is 0 Å². The third-order valence-corrected chi connectivity index (χ3v) is 8.99. The van der Waals surface area contributed by atoms with Gasteiger partial charge in [-0.25, -0.2) is 15.0 Å². The molecule has 0 fully saturated rings. The third-order valence-electron chi connectivity index (χ3n) is 8.99. The number of hydrogen-bond donors (Lipinski definition) is 0. The van der Waals surface area contributed by atoms with Gasteiger partial charge < -0.3 is 8.98 Å². The van der Waals surface area contributed by atoms with E-state index < -0.39 is 0 Å². The molecule has 3 aromatic heterocycles. The summed E-state index contributed by atoms with van der Waals surface area (Å²) in [4.78, 5) is 14.7. The summed E-state index contributed by atoms with van der Waals surface area (Å²) >= 11 is 0. The van der Waals surface area contributed by atoms with Crippen LogP contribution in [0.5, 0.6) is 0 Å². The van der Waals surface area contributed by atoms with Crippen molar-refractivity contribution >= 4 is 43.7 Å². The SMILES string of the molecule is [2H]c1cc([2H])c2c(c1[2H])c1c([2H])c([2H])cc([2H])c1n2-c1cc(-c2ccccc2)cc2oc3cc(-c4nc(-c5ccccc5)nc(-c5ccccc5)n4)ccc3c12. The molecule has 10 rings (SSSR count). The first-order valence-corrected chi connectivity index (χ1v) is 16.2. The molecule has 7 aromatic carbocycles. The summed E-state index contributed by atoms with van der Waals surface area (Å²) in [5.41, 5.74) is 6.35. The van der Waals surface area contributed by atoms with Crippen molar-refractivity contribution in [2.45, 2.75) is 0 Å². The van der Waals surface area contributed by atoms with Gasteiger partial charge in [0, 0.05) is 32.8 Å². The van der Waals surface area contributed by atoms with Gasteiger partial charge in [0.2, 0.25) is 0 Å². The number of rotatable bonds is 5. The van der Waals surface area contributed by atoms with E-state index in [1.807, 2.05) is 121 Å². The van der Waals surface area contributed by atoms with Gasteiger partial charge in [-0.1, -0.05) is 133 Å². The van der Waals surface area contributed by atoms with Crippen LogP contribution in [0, 0.1) is 0 Å². The van der Waals surface area contributed by atoms with Crippen molar-refractivity contribution in [1.82, 2.24) is 19.5 Å². The molecule has 0 saturated carbocycles. The van der Waals surface area contributed by atoms with E-state index in [9.17, 15) is 0 Å². The molecule has 0 aliphatic rings. The standard InChI is InChI=1S/C45H28N4O/c1-4-14-29(15-5-1)33-26-39(49-37-22-12-10-20-34(37)35-21-11-13-23-38(35)49)42-36-25-24-32(27-40(36)50-41(42)28-33)45-47-43(30-16-6-2-7-17-30)46-44(48-45)31-18-8-3-9-19-31/h1-28H/i10D,11D,20D,21D,22D,23D. The summed E-state index contributed by atoms with van der Waals surface area (Å²) in [5.74, 6) is 1.53. The predicted molar refractivity (Wildman–Crippen MR) is 203 cm³/mol. The topological polar surface area (TPSA) is 56.7 Å². The Hall–Kier alpha value is -6.85. The van der Waals surface area contributed by atoms with Crippen molar-refractivity contribution in [3.63, 3.8) is 0 Å². The average molecular weight is 647 g/mol. The Balaban J connectivity index is 1.28. The highest BCUT2D eigenvalue weighted by Gasteiger charge is 2.20. The molecule has 5 heteroatoms. The van der Waals surface area contributed by atoms with Crippen LogP contribution >= 0.6 is 0 Å². The number of hydrogen-bond acceptors (Lipinski definition) is 4. The van der Waals surface area contributed by atoms with E-state index in [0.29, 0.717) is 45.3 Å². The van der Waals surface area contributed by atoms with E-state index in [1.54, 1.807) is 4.57 Å². The molecule has 5 nitrogen and oxygen atoms in total. The first-order chi connectivity index (χ1) is 27.2. The molecule has 0 N–H and O–H groups in total. The van der Waals surface area contributed by atoms with Crippen molar-refractivity contribution in [2.24, 2.45) is 0 Å². The molecule has 234 valence electrons. The van der Waals surface area contributed by atoms with Crippen LogP contribution in [-0.4, -0.2) is 19.5 Å². The Labute approximate surface area is 296 Å². The highest BCUT2D eigenvalue weighted by molar-refractivity contribution is 6.15. The highest BCUT2D eigenvalue weighted by atomic mass is 16.3. The summed E-state index contributed by atoms with van der Waals surface area (Å²) in [6.07, 6.45) is 0. The lowest BCUT2D eigenvalue weighted by molar-refractivity contribution is 0.669. The van der Waals surface area contributed by atoms with E-state index in [1.165, 1.54) is 12.1 Å². The van der Waals surface area contributed by atoms with E-state index in [-0.39, 0.29) is 58.1 Å². The minimum Gasteiger partial charge on any atom is -0.456 e. The van der Waals surface area contributed by atoms with Crippen molar-refractivity contribution in [1.29, 1.82) is 0 Å². The largest absolute Gasteiger partial charge is 0.456 e. The molecule has 0 saturated heterocycles. The summed E-state index contributed by atoms with van der Waals surface area (Å²) in [6, 6.07) is 40.9. The van der Waals surface area contributed by atoms with Gasteiger partial charge in [0.15, 0.2) is 17.5 Å². The maximum absolute atomic E-state index is 9.12. The molecule has 50 heavy (non-hydrogen) atoms. The van der Waals surface area contributed by atoms with E-state index in [4.69, 9.17) is 27.6 Å². The number of nitrogens with zero attached hydrogens (tertiary/aromatic N) is 4. The van der Waals surface area contributed by atoms with Crippen LogP contribution in [0.15, 0.2) is 174 Å². The number of aromatic nitrogens is 4. The first kappa shape index (κ1) is 22.7. The number of fused-ring (bicyclic) bond motifs is 6. The number of benzene rings is 7. The lowest BCUT2D eigenvalue weighted by Crippen LogP contribution is -2.00. The summed E-state index contributed by atoms with van der Waals surface area (Å²) in [7, 11) is 0. The van der Waals surface area contributed by atoms with Gasteiger partial charge >= 0.3 is 0 Å². The van der Waals surface area contributed by atoms with Crippen LogP contribution in [-0.2, 0) is 0 Å². The second kappa shape index (κ2) is 11.4. The van der Waals surface area contributed by atoms with Crippen LogP contribution in [0.25, 0.3) is 94.7 Å². The average Bonchev–Trinajstić information content (AvgIpc) is 3.80. The van der Waals surface area contributed by atoms with Crippen LogP contribution in [0.3, 0.4) is 0 Å². The van der Waals surface area contributed by atoms with Crippen molar-refractivity contribution in [3.8, 4) is 51.0 Å². The first-order valence-electron chi connectivity index (χ1n) is 19.2. The molecule has 0 aliphatic heterocycles.